The highest BCUT2D eigenvalue weighted by molar-refractivity contribution is 5.85. The van der Waals surface area contributed by atoms with Crippen LogP contribution in [0.1, 0.15) is 39.5 Å². The Morgan fingerprint density at radius 2 is 2.00 bits per heavy atom. The molecule has 2 aliphatic rings. The molecule has 0 aromatic rings. The number of halogens is 1. The average molecular weight is 247 g/mol. The normalized spacial score (nSPS) is 31.4. The molecule has 1 unspecified atom stereocenters. The molecule has 16 heavy (non-hydrogen) atoms. The zero-order valence-corrected chi connectivity index (χ0v) is 11.1. The van der Waals surface area contributed by atoms with E-state index in [2.05, 4.69) is 24.5 Å². The van der Waals surface area contributed by atoms with E-state index in [1.165, 1.54) is 19.3 Å². The van der Waals surface area contributed by atoms with E-state index in [0.29, 0.717) is 5.41 Å². The Balaban J connectivity index is 0.00000128. The fourth-order valence-corrected chi connectivity index (χ4v) is 2.47. The SMILES string of the molecule is CC1(CNC(=O)C2(C)CCNC2)CCC1.Cl. The maximum atomic E-state index is 12.0. The lowest BCUT2D eigenvalue weighted by atomic mass is 9.70. The smallest absolute Gasteiger partial charge is 0.227 e. The second-order valence-corrected chi connectivity index (χ2v) is 5.83. The van der Waals surface area contributed by atoms with Gasteiger partial charge in [0.05, 0.1) is 5.41 Å². The van der Waals surface area contributed by atoms with Crippen molar-refractivity contribution >= 4 is 18.3 Å². The van der Waals surface area contributed by atoms with Crippen molar-refractivity contribution in [1.29, 1.82) is 0 Å². The molecule has 1 aliphatic carbocycles. The summed E-state index contributed by atoms with van der Waals surface area (Å²) in [6, 6.07) is 0. The van der Waals surface area contributed by atoms with Crippen molar-refractivity contribution in [1.82, 2.24) is 10.6 Å². The van der Waals surface area contributed by atoms with Crippen LogP contribution in [0.5, 0.6) is 0 Å². The number of carbonyl (C=O) groups is 1. The molecule has 0 spiro atoms. The predicted octanol–water partition coefficient (Wildman–Crippen LogP) is 1.71. The molecule has 0 radical (unpaired) electrons. The largest absolute Gasteiger partial charge is 0.355 e. The Bertz CT molecular complexity index is 258. The molecule has 0 aromatic carbocycles. The van der Waals surface area contributed by atoms with Crippen LogP contribution < -0.4 is 10.6 Å². The Morgan fingerprint density at radius 3 is 2.44 bits per heavy atom. The van der Waals surface area contributed by atoms with Gasteiger partial charge in [0.25, 0.3) is 0 Å². The van der Waals surface area contributed by atoms with Gasteiger partial charge in [-0.15, -0.1) is 12.4 Å². The van der Waals surface area contributed by atoms with Crippen LogP contribution in [0.2, 0.25) is 0 Å². The molecule has 3 nitrogen and oxygen atoms in total. The van der Waals surface area contributed by atoms with Gasteiger partial charge in [-0.3, -0.25) is 4.79 Å². The minimum Gasteiger partial charge on any atom is -0.355 e. The van der Waals surface area contributed by atoms with Crippen LogP contribution in [0.4, 0.5) is 0 Å². The summed E-state index contributed by atoms with van der Waals surface area (Å²) in [5.74, 6) is 0.237. The molecule has 1 aliphatic heterocycles. The quantitative estimate of drug-likeness (QED) is 0.796. The average Bonchev–Trinajstić information content (AvgIpc) is 2.60. The van der Waals surface area contributed by atoms with Gasteiger partial charge in [-0.05, 0) is 38.1 Å². The van der Waals surface area contributed by atoms with Crippen LogP contribution in [0, 0.1) is 10.8 Å². The summed E-state index contributed by atoms with van der Waals surface area (Å²) in [6.45, 7) is 7.00. The first kappa shape index (κ1) is 13.8. The van der Waals surface area contributed by atoms with E-state index in [9.17, 15) is 4.79 Å². The first-order chi connectivity index (χ1) is 7.04. The monoisotopic (exact) mass is 246 g/mol. The summed E-state index contributed by atoms with van der Waals surface area (Å²) in [5.41, 5.74) is 0.220. The Hall–Kier alpha value is -0.280. The summed E-state index contributed by atoms with van der Waals surface area (Å²) in [7, 11) is 0. The highest BCUT2D eigenvalue weighted by Gasteiger charge is 2.38. The number of hydrogen-bond acceptors (Lipinski definition) is 2. The molecule has 0 bridgehead atoms. The van der Waals surface area contributed by atoms with E-state index >= 15 is 0 Å². The van der Waals surface area contributed by atoms with E-state index in [1.807, 2.05) is 0 Å². The van der Waals surface area contributed by atoms with Crippen molar-refractivity contribution in [3.8, 4) is 0 Å². The molecule has 2 N–H and O–H groups in total. The first-order valence-electron chi connectivity index (χ1n) is 6.03. The molecule has 94 valence electrons. The molecule has 1 saturated heterocycles. The van der Waals surface area contributed by atoms with Crippen LogP contribution in [0.25, 0.3) is 0 Å². The summed E-state index contributed by atoms with van der Waals surface area (Å²) in [6.07, 6.45) is 4.82. The van der Waals surface area contributed by atoms with Crippen molar-refractivity contribution in [2.45, 2.75) is 39.5 Å². The van der Waals surface area contributed by atoms with Gasteiger partial charge >= 0.3 is 0 Å². The predicted molar refractivity (Wildman–Crippen MR) is 67.8 cm³/mol. The number of hydrogen-bond donors (Lipinski definition) is 2. The molecular formula is C12H23ClN2O. The van der Waals surface area contributed by atoms with E-state index in [0.717, 1.165) is 26.1 Å². The highest BCUT2D eigenvalue weighted by Crippen LogP contribution is 2.39. The van der Waals surface area contributed by atoms with Gasteiger partial charge in [0.15, 0.2) is 0 Å². The maximum absolute atomic E-state index is 12.0. The van der Waals surface area contributed by atoms with Crippen molar-refractivity contribution in [3.63, 3.8) is 0 Å². The van der Waals surface area contributed by atoms with Gasteiger partial charge in [-0.2, -0.15) is 0 Å². The van der Waals surface area contributed by atoms with Crippen molar-refractivity contribution in [2.24, 2.45) is 10.8 Å². The Morgan fingerprint density at radius 1 is 1.31 bits per heavy atom. The van der Waals surface area contributed by atoms with Crippen LogP contribution in [-0.4, -0.2) is 25.5 Å². The lowest BCUT2D eigenvalue weighted by Crippen LogP contribution is -2.46. The number of amides is 1. The van der Waals surface area contributed by atoms with Gasteiger partial charge in [-0.25, -0.2) is 0 Å². The van der Waals surface area contributed by atoms with Gasteiger partial charge in [0, 0.05) is 13.1 Å². The maximum Gasteiger partial charge on any atom is 0.227 e. The van der Waals surface area contributed by atoms with Crippen molar-refractivity contribution < 1.29 is 4.79 Å². The molecule has 4 heteroatoms. The topological polar surface area (TPSA) is 41.1 Å². The molecule has 1 heterocycles. The summed E-state index contributed by atoms with van der Waals surface area (Å²) >= 11 is 0. The van der Waals surface area contributed by atoms with E-state index in [1.54, 1.807) is 0 Å². The number of carbonyl (C=O) groups excluding carboxylic acids is 1. The number of rotatable bonds is 3. The fraction of sp³-hybridized carbons (Fsp3) is 0.917. The van der Waals surface area contributed by atoms with Gasteiger partial charge in [0.2, 0.25) is 5.91 Å². The Kier molecular flexibility index (Phi) is 4.24. The molecular weight excluding hydrogens is 224 g/mol. The third-order valence-corrected chi connectivity index (χ3v) is 4.15. The highest BCUT2D eigenvalue weighted by atomic mass is 35.5. The van der Waals surface area contributed by atoms with Gasteiger partial charge in [0.1, 0.15) is 0 Å². The van der Waals surface area contributed by atoms with Gasteiger partial charge in [-0.1, -0.05) is 13.3 Å². The summed E-state index contributed by atoms with van der Waals surface area (Å²) in [4.78, 5) is 12.0. The second-order valence-electron chi connectivity index (χ2n) is 5.83. The Labute approximate surface area is 104 Å². The number of nitrogens with one attached hydrogen (secondary N) is 2. The fourth-order valence-electron chi connectivity index (χ4n) is 2.47. The van der Waals surface area contributed by atoms with Gasteiger partial charge < -0.3 is 10.6 Å². The van der Waals surface area contributed by atoms with Crippen LogP contribution in [-0.2, 0) is 4.79 Å². The van der Waals surface area contributed by atoms with Crippen LogP contribution in [0.15, 0.2) is 0 Å². The first-order valence-corrected chi connectivity index (χ1v) is 6.03. The zero-order valence-electron chi connectivity index (χ0n) is 10.3. The minimum atomic E-state index is -0.167. The van der Waals surface area contributed by atoms with Crippen molar-refractivity contribution in [2.75, 3.05) is 19.6 Å². The molecule has 0 aromatic heterocycles. The summed E-state index contributed by atoms with van der Waals surface area (Å²) < 4.78 is 0. The lowest BCUT2D eigenvalue weighted by Gasteiger charge is -2.39. The van der Waals surface area contributed by atoms with Crippen LogP contribution in [0.3, 0.4) is 0 Å². The summed E-state index contributed by atoms with van der Waals surface area (Å²) in [5, 5.41) is 6.39. The van der Waals surface area contributed by atoms with E-state index in [-0.39, 0.29) is 23.7 Å². The second kappa shape index (κ2) is 4.92. The van der Waals surface area contributed by atoms with Crippen LogP contribution >= 0.6 is 12.4 Å². The third-order valence-electron chi connectivity index (χ3n) is 4.15. The molecule has 2 rings (SSSR count). The molecule has 1 amide bonds. The lowest BCUT2D eigenvalue weighted by molar-refractivity contribution is -0.130. The van der Waals surface area contributed by atoms with E-state index < -0.39 is 0 Å². The molecule has 1 saturated carbocycles. The minimum absolute atomic E-state index is 0. The molecule has 1 atom stereocenters. The standard InChI is InChI=1S/C12H22N2O.ClH/c1-11(4-3-5-11)8-14-10(15)12(2)6-7-13-9-12;/h13H,3-9H2,1-2H3,(H,14,15);1H. The van der Waals surface area contributed by atoms with Crippen molar-refractivity contribution in [3.05, 3.63) is 0 Å². The van der Waals surface area contributed by atoms with E-state index in [4.69, 9.17) is 0 Å². The zero-order chi connectivity index (χ0) is 10.9. The third kappa shape index (κ3) is 2.69. The molecule has 2 fully saturated rings.